The minimum absolute atomic E-state index is 0.0101. The molecule has 2 amide bonds. The smallest absolute Gasteiger partial charge is 0.319 e. The normalized spacial score (nSPS) is 10.2. The van der Waals surface area contributed by atoms with Crippen molar-refractivity contribution in [3.8, 4) is 5.75 Å². The van der Waals surface area contributed by atoms with E-state index in [4.69, 9.17) is 11.6 Å². The van der Waals surface area contributed by atoms with Gasteiger partial charge in [-0.05, 0) is 24.1 Å². The second-order valence-corrected chi connectivity index (χ2v) is 4.33. The number of carbonyl (C=O) groups excluding carboxylic acids is 1. The Balaban J connectivity index is 2.59. The predicted octanol–water partition coefficient (Wildman–Crippen LogP) is 2.82. The van der Waals surface area contributed by atoms with Crippen molar-refractivity contribution in [2.24, 2.45) is 5.92 Å². The number of aromatic hydroxyl groups is 1. The van der Waals surface area contributed by atoms with E-state index in [0.29, 0.717) is 23.2 Å². The zero-order valence-corrected chi connectivity index (χ0v) is 10.0. The number of rotatable bonds is 3. The van der Waals surface area contributed by atoms with Crippen LogP contribution < -0.4 is 10.6 Å². The summed E-state index contributed by atoms with van der Waals surface area (Å²) in [5.41, 5.74) is 0.300. The zero-order valence-electron chi connectivity index (χ0n) is 9.25. The SMILES string of the molecule is CC(C)CNC(=O)Nc1cc(Cl)ccc1O. The Bertz CT molecular complexity index is 380. The Labute approximate surface area is 99.6 Å². The van der Waals surface area contributed by atoms with Gasteiger partial charge in [0.25, 0.3) is 0 Å². The van der Waals surface area contributed by atoms with Crippen LogP contribution in [-0.2, 0) is 0 Å². The first-order valence-corrected chi connectivity index (χ1v) is 5.40. The van der Waals surface area contributed by atoms with E-state index in [9.17, 15) is 9.90 Å². The molecule has 0 saturated carbocycles. The molecular weight excluding hydrogens is 228 g/mol. The fourth-order valence-corrected chi connectivity index (χ4v) is 1.24. The molecule has 1 rings (SSSR count). The van der Waals surface area contributed by atoms with Crippen LogP contribution in [0.1, 0.15) is 13.8 Å². The lowest BCUT2D eigenvalue weighted by Gasteiger charge is -2.10. The highest BCUT2D eigenvalue weighted by Gasteiger charge is 2.06. The first-order chi connectivity index (χ1) is 7.49. The summed E-state index contributed by atoms with van der Waals surface area (Å²) in [4.78, 5) is 11.4. The van der Waals surface area contributed by atoms with Crippen molar-refractivity contribution in [3.05, 3.63) is 23.2 Å². The molecule has 0 aromatic heterocycles. The van der Waals surface area contributed by atoms with Crippen molar-refractivity contribution in [2.45, 2.75) is 13.8 Å². The molecular formula is C11H15ClN2O2. The summed E-state index contributed by atoms with van der Waals surface area (Å²) in [6.45, 7) is 4.57. The Hall–Kier alpha value is -1.42. The molecule has 16 heavy (non-hydrogen) atoms. The molecule has 0 unspecified atom stereocenters. The van der Waals surface area contributed by atoms with E-state index in [1.54, 1.807) is 6.07 Å². The van der Waals surface area contributed by atoms with Gasteiger partial charge in [0.1, 0.15) is 5.75 Å². The molecule has 0 aliphatic rings. The van der Waals surface area contributed by atoms with Gasteiger partial charge in [-0.3, -0.25) is 0 Å². The Morgan fingerprint density at radius 3 is 2.81 bits per heavy atom. The lowest BCUT2D eigenvalue weighted by atomic mass is 10.2. The van der Waals surface area contributed by atoms with Crippen molar-refractivity contribution in [1.82, 2.24) is 5.32 Å². The van der Waals surface area contributed by atoms with E-state index in [0.717, 1.165) is 0 Å². The Kier molecular flexibility index (Phi) is 4.43. The van der Waals surface area contributed by atoms with Crippen molar-refractivity contribution in [2.75, 3.05) is 11.9 Å². The van der Waals surface area contributed by atoms with Crippen molar-refractivity contribution in [1.29, 1.82) is 0 Å². The number of phenols is 1. The lowest BCUT2D eigenvalue weighted by Crippen LogP contribution is -2.31. The lowest BCUT2D eigenvalue weighted by molar-refractivity contribution is 0.250. The summed E-state index contributed by atoms with van der Waals surface area (Å²) in [5, 5.41) is 15.1. The van der Waals surface area contributed by atoms with Gasteiger partial charge in [0, 0.05) is 11.6 Å². The minimum atomic E-state index is -0.355. The van der Waals surface area contributed by atoms with Crippen LogP contribution in [0.15, 0.2) is 18.2 Å². The van der Waals surface area contributed by atoms with E-state index in [2.05, 4.69) is 10.6 Å². The van der Waals surface area contributed by atoms with Crippen LogP contribution in [0, 0.1) is 5.92 Å². The maximum atomic E-state index is 11.4. The summed E-state index contributed by atoms with van der Waals surface area (Å²) >= 11 is 5.74. The number of hydrogen-bond donors (Lipinski definition) is 3. The van der Waals surface area contributed by atoms with Gasteiger partial charge in [0.05, 0.1) is 5.69 Å². The summed E-state index contributed by atoms with van der Waals surface area (Å²) in [6, 6.07) is 4.12. The highest BCUT2D eigenvalue weighted by molar-refractivity contribution is 6.31. The summed E-state index contributed by atoms with van der Waals surface area (Å²) in [7, 11) is 0. The van der Waals surface area contributed by atoms with Crippen LogP contribution >= 0.6 is 11.6 Å². The minimum Gasteiger partial charge on any atom is -0.506 e. The predicted molar refractivity (Wildman–Crippen MR) is 65.0 cm³/mol. The number of urea groups is 1. The van der Waals surface area contributed by atoms with Gasteiger partial charge in [-0.1, -0.05) is 25.4 Å². The first kappa shape index (κ1) is 12.6. The summed E-state index contributed by atoms with van der Waals surface area (Å²) in [6.07, 6.45) is 0. The third kappa shape index (κ3) is 3.98. The molecule has 3 N–H and O–H groups in total. The number of halogens is 1. The highest BCUT2D eigenvalue weighted by atomic mass is 35.5. The molecule has 0 heterocycles. The van der Waals surface area contributed by atoms with Gasteiger partial charge in [-0.2, -0.15) is 0 Å². The number of anilines is 1. The van der Waals surface area contributed by atoms with Gasteiger partial charge >= 0.3 is 6.03 Å². The van der Waals surface area contributed by atoms with Crippen molar-refractivity contribution in [3.63, 3.8) is 0 Å². The second-order valence-electron chi connectivity index (χ2n) is 3.89. The third-order valence-corrected chi connectivity index (χ3v) is 2.11. The molecule has 0 radical (unpaired) electrons. The summed E-state index contributed by atoms with van der Waals surface area (Å²) in [5.74, 6) is 0.364. The van der Waals surface area contributed by atoms with E-state index in [1.165, 1.54) is 12.1 Å². The average molecular weight is 243 g/mol. The maximum absolute atomic E-state index is 11.4. The van der Waals surface area contributed by atoms with Crippen molar-refractivity contribution >= 4 is 23.3 Å². The quantitative estimate of drug-likeness (QED) is 0.714. The van der Waals surface area contributed by atoms with Crippen molar-refractivity contribution < 1.29 is 9.90 Å². The van der Waals surface area contributed by atoms with E-state index >= 15 is 0 Å². The van der Waals surface area contributed by atoms with Gasteiger partial charge in [0.2, 0.25) is 0 Å². The Morgan fingerprint density at radius 1 is 1.50 bits per heavy atom. The van der Waals surface area contributed by atoms with E-state index in [-0.39, 0.29) is 11.8 Å². The fraction of sp³-hybridized carbons (Fsp3) is 0.364. The van der Waals surface area contributed by atoms with E-state index < -0.39 is 0 Å². The zero-order chi connectivity index (χ0) is 12.1. The molecule has 0 bridgehead atoms. The fourth-order valence-electron chi connectivity index (χ4n) is 1.07. The first-order valence-electron chi connectivity index (χ1n) is 5.02. The number of phenolic OH excluding ortho intramolecular Hbond substituents is 1. The number of amides is 2. The maximum Gasteiger partial charge on any atom is 0.319 e. The van der Waals surface area contributed by atoms with Crippen LogP contribution in [0.25, 0.3) is 0 Å². The molecule has 5 heteroatoms. The third-order valence-electron chi connectivity index (χ3n) is 1.88. The topological polar surface area (TPSA) is 61.4 Å². The number of nitrogens with one attached hydrogen (secondary N) is 2. The molecule has 88 valence electrons. The Morgan fingerprint density at radius 2 is 2.19 bits per heavy atom. The monoisotopic (exact) mass is 242 g/mol. The van der Waals surface area contributed by atoms with Gasteiger partial charge in [0.15, 0.2) is 0 Å². The molecule has 0 aliphatic heterocycles. The average Bonchev–Trinajstić information content (AvgIpc) is 2.20. The van der Waals surface area contributed by atoms with Gasteiger partial charge < -0.3 is 15.7 Å². The van der Waals surface area contributed by atoms with Crippen LogP contribution in [0.4, 0.5) is 10.5 Å². The van der Waals surface area contributed by atoms with Crippen LogP contribution in [0.3, 0.4) is 0 Å². The highest BCUT2D eigenvalue weighted by Crippen LogP contribution is 2.26. The van der Waals surface area contributed by atoms with Crippen LogP contribution in [0.2, 0.25) is 5.02 Å². The summed E-state index contributed by atoms with van der Waals surface area (Å²) < 4.78 is 0. The number of carbonyl (C=O) groups is 1. The van der Waals surface area contributed by atoms with Crippen LogP contribution in [-0.4, -0.2) is 17.7 Å². The standard InChI is InChI=1S/C11H15ClN2O2/c1-7(2)6-13-11(16)14-9-5-8(12)3-4-10(9)15/h3-5,7,15H,6H2,1-2H3,(H2,13,14,16). The molecule has 0 fully saturated rings. The molecule has 0 atom stereocenters. The largest absolute Gasteiger partial charge is 0.506 e. The van der Waals surface area contributed by atoms with Crippen LogP contribution in [0.5, 0.6) is 5.75 Å². The molecule has 0 saturated heterocycles. The second kappa shape index (κ2) is 5.61. The molecule has 0 spiro atoms. The van der Waals surface area contributed by atoms with E-state index in [1.807, 2.05) is 13.8 Å². The molecule has 1 aromatic carbocycles. The number of benzene rings is 1. The van der Waals surface area contributed by atoms with Gasteiger partial charge in [-0.15, -0.1) is 0 Å². The molecule has 1 aromatic rings. The molecule has 4 nitrogen and oxygen atoms in total. The molecule has 0 aliphatic carbocycles. The number of hydrogen-bond acceptors (Lipinski definition) is 2. The van der Waals surface area contributed by atoms with Gasteiger partial charge in [-0.25, -0.2) is 4.79 Å².